The molecule has 1 aromatic carbocycles. The summed E-state index contributed by atoms with van der Waals surface area (Å²) in [5.41, 5.74) is 0.423. The molecular weight excluding hydrogens is 470 g/mol. The molecule has 1 aliphatic carbocycles. The molecule has 2 fully saturated rings. The lowest BCUT2D eigenvalue weighted by molar-refractivity contribution is -0.276. The van der Waals surface area contributed by atoms with Crippen molar-refractivity contribution in [3.63, 3.8) is 0 Å². The van der Waals surface area contributed by atoms with E-state index >= 15 is 0 Å². The van der Waals surface area contributed by atoms with Gasteiger partial charge in [0.25, 0.3) is 0 Å². The Balaban J connectivity index is 1.32. The summed E-state index contributed by atoms with van der Waals surface area (Å²) in [5.74, 6) is -2.51. The van der Waals surface area contributed by atoms with Crippen LogP contribution < -0.4 is 4.74 Å². The highest BCUT2D eigenvalue weighted by Crippen LogP contribution is 2.40. The second-order valence-electron chi connectivity index (χ2n) is 10.4. The van der Waals surface area contributed by atoms with Gasteiger partial charge in [0, 0.05) is 8.80 Å². The largest absolute Gasteiger partial charge is 0.573 e. The molecule has 0 aromatic heterocycles. The van der Waals surface area contributed by atoms with Crippen LogP contribution in [0.25, 0.3) is 0 Å². The van der Waals surface area contributed by atoms with Gasteiger partial charge in [0.05, 0.1) is 6.67 Å². The monoisotopic (exact) mass is 508 g/mol. The van der Waals surface area contributed by atoms with Gasteiger partial charge in [-0.1, -0.05) is 63.1 Å². The summed E-state index contributed by atoms with van der Waals surface area (Å²) in [6, 6.07) is 6.18. The number of alkyl halides is 4. The molecule has 0 amide bonds. The van der Waals surface area contributed by atoms with Crippen LogP contribution in [0, 0.1) is 23.5 Å². The zero-order valence-corrected chi connectivity index (χ0v) is 21.1. The van der Waals surface area contributed by atoms with E-state index in [4.69, 9.17) is 0 Å². The van der Waals surface area contributed by atoms with Gasteiger partial charge in [0.1, 0.15) is 0 Å². The Morgan fingerprint density at radius 3 is 1.88 bits per heavy atom. The topological polar surface area (TPSA) is 9.23 Å². The van der Waals surface area contributed by atoms with Crippen molar-refractivity contribution < 1.29 is 31.1 Å². The highest BCUT2D eigenvalue weighted by atomic mass is 28.3. The van der Waals surface area contributed by atoms with Crippen molar-refractivity contribution in [2.75, 3.05) is 6.67 Å². The Kier molecular flexibility index (Phi) is 10.7. The van der Waals surface area contributed by atoms with Crippen LogP contribution in [-0.4, -0.2) is 21.8 Å². The Morgan fingerprint density at radius 1 is 0.794 bits per heavy atom. The number of benzene rings is 1. The molecule has 1 aliphatic heterocycles. The number of hydrogen-bond donors (Lipinski definition) is 0. The van der Waals surface area contributed by atoms with E-state index in [-0.39, 0.29) is 12.6 Å². The van der Waals surface area contributed by atoms with Crippen molar-refractivity contribution in [1.82, 2.24) is 0 Å². The van der Waals surface area contributed by atoms with E-state index in [0.717, 1.165) is 56.6 Å². The summed E-state index contributed by atoms with van der Waals surface area (Å²) in [6.45, 7) is -0.170. The van der Waals surface area contributed by atoms with E-state index < -0.39 is 32.5 Å². The molecule has 0 radical (unpaired) electrons. The number of unbranched alkanes of at least 4 members (excludes halogenated alkanes) is 2. The highest BCUT2D eigenvalue weighted by molar-refractivity contribution is 6.58. The maximum absolute atomic E-state index is 14.0. The fourth-order valence-electron chi connectivity index (χ4n) is 6.02. The van der Waals surface area contributed by atoms with Gasteiger partial charge in [-0.2, -0.15) is 0 Å². The number of rotatable bonds is 11. The van der Waals surface area contributed by atoms with Crippen LogP contribution >= 0.6 is 0 Å². The van der Waals surface area contributed by atoms with Crippen LogP contribution in [0.15, 0.2) is 12.1 Å². The molecule has 34 heavy (non-hydrogen) atoms. The van der Waals surface area contributed by atoms with Crippen molar-refractivity contribution in [1.29, 1.82) is 0 Å². The van der Waals surface area contributed by atoms with E-state index in [1.807, 2.05) is 0 Å². The summed E-state index contributed by atoms with van der Waals surface area (Å²) in [7, 11) is -0.582. The third-order valence-corrected chi connectivity index (χ3v) is 11.5. The van der Waals surface area contributed by atoms with Crippen molar-refractivity contribution in [2.45, 2.75) is 107 Å². The fourth-order valence-corrected chi connectivity index (χ4v) is 9.63. The summed E-state index contributed by atoms with van der Waals surface area (Å²) >= 11 is 0. The lowest BCUT2D eigenvalue weighted by Crippen LogP contribution is -2.21. The molecule has 1 aromatic rings. The smallest absolute Gasteiger partial charge is 0.399 e. The van der Waals surface area contributed by atoms with Gasteiger partial charge in [-0.3, -0.25) is 4.39 Å². The van der Waals surface area contributed by atoms with Crippen molar-refractivity contribution in [3.05, 3.63) is 29.3 Å². The summed E-state index contributed by atoms with van der Waals surface area (Å²) in [6.07, 6.45) is 8.01. The first-order valence-electron chi connectivity index (χ1n) is 13.1. The minimum atomic E-state index is -5.13. The van der Waals surface area contributed by atoms with E-state index in [1.54, 1.807) is 0 Å². The Morgan fingerprint density at radius 2 is 1.35 bits per heavy atom. The van der Waals surface area contributed by atoms with Gasteiger partial charge in [0.15, 0.2) is 11.6 Å². The molecule has 0 spiro atoms. The maximum atomic E-state index is 14.0. The van der Waals surface area contributed by atoms with E-state index in [0.29, 0.717) is 11.5 Å². The van der Waals surface area contributed by atoms with Gasteiger partial charge >= 0.3 is 6.36 Å². The average molecular weight is 509 g/mol. The first-order valence-corrected chi connectivity index (χ1v) is 15.5. The maximum Gasteiger partial charge on any atom is 0.573 e. The standard InChI is InChI=1S/C26H38F6OSi/c27-13-3-4-14-34-15-11-20(12-16-34)6-2-1-5-19-7-9-21(10-8-19)22-17-23(28)25(24(29)18-22)33-26(30,31)32/h17-21,34H,1-16H2. The van der Waals surface area contributed by atoms with Gasteiger partial charge in [-0.05, 0) is 67.6 Å². The predicted molar refractivity (Wildman–Crippen MR) is 126 cm³/mol. The van der Waals surface area contributed by atoms with Crippen LogP contribution in [-0.2, 0) is 0 Å². The summed E-state index contributed by atoms with van der Waals surface area (Å²) < 4.78 is 80.8. The van der Waals surface area contributed by atoms with Crippen LogP contribution in [0.1, 0.15) is 88.5 Å². The Hall–Kier alpha value is -1.18. The molecule has 0 bridgehead atoms. The zero-order valence-electron chi connectivity index (χ0n) is 20.0. The molecule has 1 saturated carbocycles. The van der Waals surface area contributed by atoms with Crippen molar-refractivity contribution in [2.24, 2.45) is 11.8 Å². The lowest BCUT2D eigenvalue weighted by atomic mass is 9.77. The lowest BCUT2D eigenvalue weighted by Gasteiger charge is -2.30. The Bertz CT molecular complexity index is 716. The molecule has 0 N–H and O–H groups in total. The third-order valence-electron chi connectivity index (χ3n) is 7.99. The second-order valence-corrected chi connectivity index (χ2v) is 13.9. The SMILES string of the molecule is FCCCC[SiH]1CCC(CCCCC2CCC(c3cc(F)c(OC(F)(F)F)c(F)c3)CC2)CC1. The van der Waals surface area contributed by atoms with Crippen LogP contribution in [0.3, 0.4) is 0 Å². The molecular formula is C26H38F6OSi. The van der Waals surface area contributed by atoms with Gasteiger partial charge < -0.3 is 4.74 Å². The normalized spacial score (nSPS) is 25.9. The van der Waals surface area contributed by atoms with Gasteiger partial charge in [-0.25, -0.2) is 8.78 Å². The van der Waals surface area contributed by atoms with Crippen molar-refractivity contribution in [3.8, 4) is 5.75 Å². The van der Waals surface area contributed by atoms with Crippen molar-refractivity contribution >= 4 is 8.80 Å². The van der Waals surface area contributed by atoms with E-state index in [1.165, 1.54) is 56.7 Å². The first kappa shape index (κ1) is 27.4. The summed E-state index contributed by atoms with van der Waals surface area (Å²) in [5, 5.41) is 0. The molecule has 0 atom stereocenters. The van der Waals surface area contributed by atoms with Crippen LogP contribution in [0.2, 0.25) is 18.1 Å². The van der Waals surface area contributed by atoms with E-state index in [9.17, 15) is 26.3 Å². The second kappa shape index (κ2) is 13.2. The molecule has 1 saturated heterocycles. The molecule has 3 rings (SSSR count). The third kappa shape index (κ3) is 8.79. The minimum Gasteiger partial charge on any atom is -0.399 e. The molecule has 1 nitrogen and oxygen atoms in total. The quantitative estimate of drug-likeness (QED) is 0.165. The van der Waals surface area contributed by atoms with Gasteiger partial charge in [0.2, 0.25) is 5.75 Å². The first-order chi connectivity index (χ1) is 16.2. The van der Waals surface area contributed by atoms with Crippen LogP contribution in [0.5, 0.6) is 5.75 Å². The van der Waals surface area contributed by atoms with E-state index in [2.05, 4.69) is 4.74 Å². The molecule has 8 heteroatoms. The number of ether oxygens (including phenoxy) is 1. The van der Waals surface area contributed by atoms with Crippen LogP contribution in [0.4, 0.5) is 26.3 Å². The molecule has 2 aliphatic rings. The average Bonchev–Trinajstić information content (AvgIpc) is 2.80. The minimum absolute atomic E-state index is 0.0237. The molecule has 1 heterocycles. The predicted octanol–water partition coefficient (Wildman–Crippen LogP) is 9.08. The summed E-state index contributed by atoms with van der Waals surface area (Å²) in [4.78, 5) is 0. The number of hydrogen-bond acceptors (Lipinski definition) is 1. The Labute approximate surface area is 201 Å². The molecule has 194 valence electrons. The fraction of sp³-hybridized carbons (Fsp3) is 0.769. The highest BCUT2D eigenvalue weighted by Gasteiger charge is 2.34. The van der Waals surface area contributed by atoms with Gasteiger partial charge in [-0.15, -0.1) is 13.2 Å². The number of halogens is 6. The zero-order chi connectivity index (χ0) is 24.6. The molecule has 0 unspecified atom stereocenters.